The standard InChI is InChI=1S/C9H21NO2S/c1-4-6-8-10(3)13(11,12)9-7-5-2/h4-9H2,1-3H3. The second-order valence-corrected chi connectivity index (χ2v) is 5.54. The summed E-state index contributed by atoms with van der Waals surface area (Å²) in [5.74, 6) is 0.295. The fourth-order valence-electron chi connectivity index (χ4n) is 1.00. The zero-order chi connectivity index (χ0) is 10.3. The summed E-state index contributed by atoms with van der Waals surface area (Å²) in [6.45, 7) is 4.72. The molecule has 0 aliphatic rings. The maximum atomic E-state index is 11.5. The lowest BCUT2D eigenvalue weighted by atomic mass is 10.3. The lowest BCUT2D eigenvalue weighted by Crippen LogP contribution is -2.30. The van der Waals surface area contributed by atoms with Gasteiger partial charge in [0.15, 0.2) is 0 Å². The third-order valence-corrected chi connectivity index (χ3v) is 3.99. The molecule has 0 fully saturated rings. The van der Waals surface area contributed by atoms with E-state index in [1.54, 1.807) is 7.05 Å². The van der Waals surface area contributed by atoms with Crippen molar-refractivity contribution in [2.75, 3.05) is 19.3 Å². The molecule has 0 unspecified atom stereocenters. The van der Waals surface area contributed by atoms with Crippen LogP contribution in [0.1, 0.15) is 39.5 Å². The van der Waals surface area contributed by atoms with Gasteiger partial charge in [-0.25, -0.2) is 12.7 Å². The van der Waals surface area contributed by atoms with Crippen LogP contribution in [0.2, 0.25) is 0 Å². The van der Waals surface area contributed by atoms with Gasteiger partial charge in [-0.05, 0) is 12.8 Å². The summed E-state index contributed by atoms with van der Waals surface area (Å²) in [4.78, 5) is 0. The smallest absolute Gasteiger partial charge is 0.212 e. The topological polar surface area (TPSA) is 37.4 Å². The monoisotopic (exact) mass is 207 g/mol. The second-order valence-electron chi connectivity index (χ2n) is 3.34. The van der Waals surface area contributed by atoms with Crippen LogP contribution < -0.4 is 0 Å². The third-order valence-electron chi connectivity index (χ3n) is 2.06. The third kappa shape index (κ3) is 5.26. The summed E-state index contributed by atoms with van der Waals surface area (Å²) in [6.07, 6.45) is 3.68. The highest BCUT2D eigenvalue weighted by Crippen LogP contribution is 2.03. The van der Waals surface area contributed by atoms with Crippen molar-refractivity contribution in [3.63, 3.8) is 0 Å². The molecule has 0 bridgehead atoms. The molecule has 3 nitrogen and oxygen atoms in total. The second kappa shape index (κ2) is 6.38. The van der Waals surface area contributed by atoms with Crippen LogP contribution in [0.15, 0.2) is 0 Å². The van der Waals surface area contributed by atoms with Crippen molar-refractivity contribution >= 4 is 10.0 Å². The van der Waals surface area contributed by atoms with Crippen molar-refractivity contribution in [2.24, 2.45) is 0 Å². The number of rotatable bonds is 7. The molecule has 80 valence electrons. The summed E-state index contributed by atoms with van der Waals surface area (Å²) >= 11 is 0. The van der Waals surface area contributed by atoms with Crippen LogP contribution in [0, 0.1) is 0 Å². The van der Waals surface area contributed by atoms with Crippen LogP contribution >= 0.6 is 0 Å². The Hall–Kier alpha value is -0.0900. The first-order valence-electron chi connectivity index (χ1n) is 4.98. The van der Waals surface area contributed by atoms with Gasteiger partial charge in [0.25, 0.3) is 0 Å². The highest BCUT2D eigenvalue weighted by Gasteiger charge is 2.15. The SMILES string of the molecule is CCCCN(C)S(=O)(=O)CCCC. The Morgan fingerprint density at radius 2 is 1.62 bits per heavy atom. The molecule has 0 rings (SSSR count). The molecule has 0 aliphatic heterocycles. The highest BCUT2D eigenvalue weighted by atomic mass is 32.2. The lowest BCUT2D eigenvalue weighted by Gasteiger charge is -2.16. The Morgan fingerprint density at radius 1 is 1.08 bits per heavy atom. The Bertz CT molecular complexity index is 212. The van der Waals surface area contributed by atoms with Gasteiger partial charge in [-0.15, -0.1) is 0 Å². The van der Waals surface area contributed by atoms with E-state index in [1.165, 1.54) is 4.31 Å². The predicted octanol–water partition coefficient (Wildman–Crippen LogP) is 1.85. The fraction of sp³-hybridized carbons (Fsp3) is 1.00. The molecule has 0 aromatic heterocycles. The molecule has 0 amide bonds. The summed E-state index contributed by atoms with van der Waals surface area (Å²) < 4.78 is 24.5. The maximum Gasteiger partial charge on any atom is 0.213 e. The van der Waals surface area contributed by atoms with E-state index in [0.29, 0.717) is 12.3 Å². The number of sulfonamides is 1. The van der Waals surface area contributed by atoms with Crippen LogP contribution in [0.25, 0.3) is 0 Å². The van der Waals surface area contributed by atoms with Gasteiger partial charge in [-0.1, -0.05) is 26.7 Å². The van der Waals surface area contributed by atoms with Gasteiger partial charge in [0, 0.05) is 13.6 Å². The largest absolute Gasteiger partial charge is 0.213 e. The van der Waals surface area contributed by atoms with Gasteiger partial charge >= 0.3 is 0 Å². The van der Waals surface area contributed by atoms with Crippen molar-refractivity contribution in [3.05, 3.63) is 0 Å². The molecule has 0 radical (unpaired) electrons. The molecule has 0 aliphatic carbocycles. The van der Waals surface area contributed by atoms with E-state index in [4.69, 9.17) is 0 Å². The number of nitrogens with zero attached hydrogens (tertiary/aromatic N) is 1. The normalized spacial score (nSPS) is 12.3. The van der Waals surface area contributed by atoms with Crippen LogP contribution in [-0.2, 0) is 10.0 Å². The van der Waals surface area contributed by atoms with Crippen molar-refractivity contribution < 1.29 is 8.42 Å². The molecule has 0 saturated heterocycles. The summed E-state index contributed by atoms with van der Waals surface area (Å²) in [5, 5.41) is 0. The van der Waals surface area contributed by atoms with Crippen LogP contribution in [0.4, 0.5) is 0 Å². The van der Waals surface area contributed by atoms with Gasteiger partial charge in [-0.2, -0.15) is 0 Å². The zero-order valence-corrected chi connectivity index (χ0v) is 9.73. The van der Waals surface area contributed by atoms with Gasteiger partial charge < -0.3 is 0 Å². The molecule has 13 heavy (non-hydrogen) atoms. The van der Waals surface area contributed by atoms with Crippen molar-refractivity contribution in [3.8, 4) is 0 Å². The van der Waals surface area contributed by atoms with Gasteiger partial charge in [0.2, 0.25) is 10.0 Å². The molecule has 0 atom stereocenters. The van der Waals surface area contributed by atoms with Crippen molar-refractivity contribution in [2.45, 2.75) is 39.5 Å². The summed E-state index contributed by atoms with van der Waals surface area (Å²) in [5.41, 5.74) is 0. The Balaban J connectivity index is 3.96. The average molecular weight is 207 g/mol. The van der Waals surface area contributed by atoms with E-state index < -0.39 is 10.0 Å². The van der Waals surface area contributed by atoms with Crippen LogP contribution in [-0.4, -0.2) is 32.1 Å². The predicted molar refractivity (Wildman–Crippen MR) is 56.2 cm³/mol. The van der Waals surface area contributed by atoms with E-state index in [0.717, 1.165) is 25.7 Å². The highest BCUT2D eigenvalue weighted by molar-refractivity contribution is 7.89. The first-order chi connectivity index (χ1) is 6.04. The van der Waals surface area contributed by atoms with Crippen LogP contribution in [0.5, 0.6) is 0 Å². The molecule has 0 heterocycles. The summed E-state index contributed by atoms with van der Waals surface area (Å²) in [6, 6.07) is 0. The minimum absolute atomic E-state index is 0.295. The van der Waals surface area contributed by atoms with E-state index in [9.17, 15) is 8.42 Å². The average Bonchev–Trinajstić information content (AvgIpc) is 2.10. The first-order valence-corrected chi connectivity index (χ1v) is 6.59. The molecule has 4 heteroatoms. The van der Waals surface area contributed by atoms with E-state index in [-0.39, 0.29) is 0 Å². The van der Waals surface area contributed by atoms with Gasteiger partial charge in [0.1, 0.15) is 0 Å². The van der Waals surface area contributed by atoms with Crippen molar-refractivity contribution in [1.29, 1.82) is 0 Å². The number of hydrogen-bond donors (Lipinski definition) is 0. The Morgan fingerprint density at radius 3 is 2.08 bits per heavy atom. The number of unbranched alkanes of at least 4 members (excludes halogenated alkanes) is 2. The molecule has 0 spiro atoms. The molecular weight excluding hydrogens is 186 g/mol. The molecule has 0 aromatic carbocycles. The zero-order valence-electron chi connectivity index (χ0n) is 8.91. The molecule has 0 aromatic rings. The van der Waals surface area contributed by atoms with Gasteiger partial charge in [-0.3, -0.25) is 0 Å². The summed E-state index contributed by atoms with van der Waals surface area (Å²) in [7, 11) is -1.29. The van der Waals surface area contributed by atoms with E-state index in [1.807, 2.05) is 6.92 Å². The van der Waals surface area contributed by atoms with E-state index in [2.05, 4.69) is 6.92 Å². The van der Waals surface area contributed by atoms with Crippen LogP contribution in [0.3, 0.4) is 0 Å². The minimum atomic E-state index is -2.96. The fourth-order valence-corrected chi connectivity index (χ4v) is 2.37. The maximum absolute atomic E-state index is 11.5. The quantitative estimate of drug-likeness (QED) is 0.639. The molecule has 0 saturated carbocycles. The van der Waals surface area contributed by atoms with Gasteiger partial charge in [0.05, 0.1) is 5.75 Å². The van der Waals surface area contributed by atoms with E-state index >= 15 is 0 Å². The minimum Gasteiger partial charge on any atom is -0.212 e. The Kier molecular flexibility index (Phi) is 6.33. The first kappa shape index (κ1) is 12.9. The Labute approximate surface area is 82.2 Å². The van der Waals surface area contributed by atoms with Crippen molar-refractivity contribution in [1.82, 2.24) is 4.31 Å². The molecular formula is C9H21NO2S. The lowest BCUT2D eigenvalue weighted by molar-refractivity contribution is 0.458. The molecule has 0 N–H and O–H groups in total. The number of hydrogen-bond acceptors (Lipinski definition) is 2.